The van der Waals surface area contributed by atoms with E-state index in [-0.39, 0.29) is 12.3 Å². The summed E-state index contributed by atoms with van der Waals surface area (Å²) in [6.07, 6.45) is 1.02. The summed E-state index contributed by atoms with van der Waals surface area (Å²) in [4.78, 5) is 12.4. The number of fused-ring (bicyclic) bond motifs is 1. The van der Waals surface area contributed by atoms with Crippen LogP contribution in [0.3, 0.4) is 0 Å². The Morgan fingerprint density at radius 2 is 1.79 bits per heavy atom. The normalized spacial score (nSPS) is 14.6. The Bertz CT molecular complexity index is 1260. The maximum atomic E-state index is 12.4. The van der Waals surface area contributed by atoms with E-state index in [0.29, 0.717) is 28.7 Å². The quantitative estimate of drug-likeness (QED) is 0.359. The van der Waals surface area contributed by atoms with Gasteiger partial charge in [0.1, 0.15) is 28.9 Å². The molecule has 1 aliphatic rings. The van der Waals surface area contributed by atoms with Gasteiger partial charge >= 0.3 is 5.97 Å². The fraction of sp³-hybridized carbons (Fsp3) is 0.185. The molecule has 0 amide bonds. The van der Waals surface area contributed by atoms with Gasteiger partial charge in [0.05, 0.1) is 18.9 Å². The van der Waals surface area contributed by atoms with E-state index in [2.05, 4.69) is 6.07 Å². The smallest absolute Gasteiger partial charge is 0.315 e. The van der Waals surface area contributed by atoms with E-state index >= 15 is 0 Å². The highest BCUT2D eigenvalue weighted by Crippen LogP contribution is 2.43. The van der Waals surface area contributed by atoms with Crippen LogP contribution in [0, 0.1) is 11.3 Å². The van der Waals surface area contributed by atoms with Gasteiger partial charge in [-0.05, 0) is 47.9 Å². The van der Waals surface area contributed by atoms with Crippen LogP contribution < -0.4 is 19.9 Å². The molecular formula is C27H23ClN2O4. The molecule has 0 aliphatic carbocycles. The Kier molecular flexibility index (Phi) is 7.05. The number of ether oxygens (including phenoxy) is 3. The molecule has 1 unspecified atom stereocenters. The third-order valence-electron chi connectivity index (χ3n) is 5.37. The van der Waals surface area contributed by atoms with Crippen LogP contribution in [0.25, 0.3) is 0 Å². The predicted octanol–water partition coefficient (Wildman–Crippen LogP) is 5.50. The molecule has 0 fully saturated rings. The number of allylic oxidation sites excluding steroid dienone is 1. The summed E-state index contributed by atoms with van der Waals surface area (Å²) in [5.41, 5.74) is 8.83. The first-order valence-corrected chi connectivity index (χ1v) is 11.3. The van der Waals surface area contributed by atoms with Crippen molar-refractivity contribution < 1.29 is 19.0 Å². The van der Waals surface area contributed by atoms with Gasteiger partial charge in [0.15, 0.2) is 0 Å². The number of halogens is 1. The molecule has 2 N–H and O–H groups in total. The molecule has 7 heteroatoms. The molecule has 0 saturated heterocycles. The summed E-state index contributed by atoms with van der Waals surface area (Å²) >= 11 is 5.89. The molecule has 34 heavy (non-hydrogen) atoms. The third-order valence-corrected chi connectivity index (χ3v) is 5.62. The average Bonchev–Trinajstić information content (AvgIpc) is 2.83. The zero-order valence-electron chi connectivity index (χ0n) is 18.6. The molecule has 172 valence electrons. The summed E-state index contributed by atoms with van der Waals surface area (Å²) < 4.78 is 16.9. The molecule has 3 aromatic rings. The van der Waals surface area contributed by atoms with E-state index in [1.807, 2.05) is 31.2 Å². The van der Waals surface area contributed by atoms with E-state index in [1.165, 1.54) is 0 Å². The van der Waals surface area contributed by atoms with Crippen LogP contribution in [0.2, 0.25) is 5.02 Å². The fourth-order valence-electron chi connectivity index (χ4n) is 3.75. The lowest BCUT2D eigenvalue weighted by Gasteiger charge is -2.26. The largest absolute Gasteiger partial charge is 0.494 e. The van der Waals surface area contributed by atoms with Crippen molar-refractivity contribution in [2.24, 2.45) is 5.73 Å². The first kappa shape index (κ1) is 23.2. The average molecular weight is 475 g/mol. The van der Waals surface area contributed by atoms with Gasteiger partial charge in [-0.3, -0.25) is 4.79 Å². The molecule has 0 saturated carbocycles. The van der Waals surface area contributed by atoms with E-state index in [4.69, 9.17) is 31.5 Å². The van der Waals surface area contributed by atoms with Gasteiger partial charge in [0.25, 0.3) is 0 Å². The first-order valence-electron chi connectivity index (χ1n) is 10.9. The second-order valence-corrected chi connectivity index (χ2v) is 8.26. The topological polar surface area (TPSA) is 94.6 Å². The number of esters is 1. The van der Waals surface area contributed by atoms with Gasteiger partial charge in [0, 0.05) is 16.7 Å². The minimum Gasteiger partial charge on any atom is -0.494 e. The van der Waals surface area contributed by atoms with Gasteiger partial charge in [-0.1, -0.05) is 48.9 Å². The van der Waals surface area contributed by atoms with E-state index < -0.39 is 11.9 Å². The van der Waals surface area contributed by atoms with Gasteiger partial charge in [-0.25, -0.2) is 0 Å². The lowest BCUT2D eigenvalue weighted by molar-refractivity contribution is -0.133. The molecule has 0 spiro atoms. The minimum absolute atomic E-state index is 0.0240. The van der Waals surface area contributed by atoms with Crippen molar-refractivity contribution >= 4 is 17.6 Å². The lowest BCUT2D eigenvalue weighted by atomic mass is 9.83. The summed E-state index contributed by atoms with van der Waals surface area (Å²) in [5.74, 6) is 0.719. The molecule has 1 aliphatic heterocycles. The van der Waals surface area contributed by atoms with Gasteiger partial charge in [-0.15, -0.1) is 0 Å². The summed E-state index contributed by atoms with van der Waals surface area (Å²) in [6, 6.07) is 21.8. The second kappa shape index (κ2) is 10.3. The second-order valence-electron chi connectivity index (χ2n) is 7.82. The van der Waals surface area contributed by atoms with Crippen LogP contribution in [0.4, 0.5) is 0 Å². The number of rotatable bonds is 7. The van der Waals surface area contributed by atoms with Crippen molar-refractivity contribution in [2.45, 2.75) is 25.7 Å². The van der Waals surface area contributed by atoms with Crippen LogP contribution in [-0.4, -0.2) is 12.6 Å². The number of hydrogen-bond donors (Lipinski definition) is 1. The number of nitrogens with zero attached hydrogens (tertiary/aromatic N) is 1. The number of nitrogens with two attached hydrogens (primary N) is 1. The predicted molar refractivity (Wildman–Crippen MR) is 129 cm³/mol. The number of carbonyl (C=O) groups excluding carboxylic acids is 1. The fourth-order valence-corrected chi connectivity index (χ4v) is 3.88. The Morgan fingerprint density at radius 1 is 1.09 bits per heavy atom. The van der Waals surface area contributed by atoms with Crippen LogP contribution in [0.1, 0.15) is 36.0 Å². The van der Waals surface area contributed by atoms with E-state index in [0.717, 1.165) is 28.9 Å². The molecule has 4 rings (SSSR count). The molecule has 3 aromatic carbocycles. The highest BCUT2D eigenvalue weighted by Gasteiger charge is 2.31. The van der Waals surface area contributed by atoms with E-state index in [1.54, 1.807) is 42.5 Å². The van der Waals surface area contributed by atoms with Crippen molar-refractivity contribution in [3.63, 3.8) is 0 Å². The van der Waals surface area contributed by atoms with Crippen molar-refractivity contribution in [1.82, 2.24) is 0 Å². The maximum Gasteiger partial charge on any atom is 0.315 e. The minimum atomic E-state index is -0.418. The highest BCUT2D eigenvalue weighted by molar-refractivity contribution is 6.30. The number of carbonyl (C=O) groups is 1. The Balaban J connectivity index is 1.57. The number of hydrogen-bond acceptors (Lipinski definition) is 6. The molecular weight excluding hydrogens is 452 g/mol. The molecule has 0 radical (unpaired) electrons. The lowest BCUT2D eigenvalue weighted by Crippen LogP contribution is -2.21. The van der Waals surface area contributed by atoms with Crippen molar-refractivity contribution in [1.29, 1.82) is 5.26 Å². The van der Waals surface area contributed by atoms with Crippen LogP contribution >= 0.6 is 11.6 Å². The Morgan fingerprint density at radius 3 is 2.47 bits per heavy atom. The van der Waals surface area contributed by atoms with Crippen molar-refractivity contribution in [3.05, 3.63) is 99.9 Å². The molecule has 6 nitrogen and oxygen atoms in total. The Labute approximate surface area is 203 Å². The maximum absolute atomic E-state index is 12.4. The molecule has 1 heterocycles. The van der Waals surface area contributed by atoms with Gasteiger partial charge in [0.2, 0.25) is 5.88 Å². The zero-order valence-corrected chi connectivity index (χ0v) is 19.3. The number of nitriles is 1. The van der Waals surface area contributed by atoms with Crippen LogP contribution in [0.5, 0.6) is 17.2 Å². The van der Waals surface area contributed by atoms with Gasteiger partial charge in [-0.2, -0.15) is 5.26 Å². The summed E-state index contributed by atoms with van der Waals surface area (Å²) in [7, 11) is 0. The van der Waals surface area contributed by atoms with Crippen molar-refractivity contribution in [3.8, 4) is 23.3 Å². The third kappa shape index (κ3) is 5.16. The van der Waals surface area contributed by atoms with Crippen LogP contribution in [-0.2, 0) is 11.2 Å². The van der Waals surface area contributed by atoms with Crippen molar-refractivity contribution in [2.75, 3.05) is 6.61 Å². The molecule has 0 aromatic heterocycles. The SMILES string of the molecule is CCCOc1ccc(C2C(C#N)=C(N)Oc3cc(OC(=O)Cc4ccc(Cl)cc4)ccc32)cc1. The first-order chi connectivity index (χ1) is 16.5. The van der Waals surface area contributed by atoms with Crippen LogP contribution in [0.15, 0.2) is 78.2 Å². The van der Waals surface area contributed by atoms with Gasteiger partial charge < -0.3 is 19.9 Å². The highest BCUT2D eigenvalue weighted by atomic mass is 35.5. The molecule has 0 bridgehead atoms. The van der Waals surface area contributed by atoms with E-state index in [9.17, 15) is 10.1 Å². The number of benzene rings is 3. The monoisotopic (exact) mass is 474 g/mol. The standard InChI is InChI=1S/C27H23ClN2O4/c1-2-13-32-20-9-5-18(6-10-20)26-22-12-11-21(15-24(22)34-27(30)23(26)16-29)33-25(31)14-17-3-7-19(28)8-4-17/h3-12,15,26H,2,13-14,30H2,1H3. The Hall–Kier alpha value is -3.95. The molecule has 1 atom stereocenters. The zero-order chi connectivity index (χ0) is 24.1. The summed E-state index contributed by atoms with van der Waals surface area (Å²) in [5, 5.41) is 10.4. The summed E-state index contributed by atoms with van der Waals surface area (Å²) in [6.45, 7) is 2.68.